The van der Waals surface area contributed by atoms with Gasteiger partial charge in [0, 0.05) is 17.7 Å². The largest absolute Gasteiger partial charge is 0.368 e. The average Bonchev–Trinajstić information content (AvgIpc) is 2.52. The average molecular weight is 283 g/mol. The first-order valence-electron chi connectivity index (χ1n) is 7.94. The summed E-state index contributed by atoms with van der Waals surface area (Å²) >= 11 is 0. The van der Waals surface area contributed by atoms with E-state index in [2.05, 4.69) is 35.9 Å². The zero-order chi connectivity index (χ0) is 15.1. The number of benzene rings is 1. The summed E-state index contributed by atoms with van der Waals surface area (Å²) in [6.45, 7) is 4.46. The maximum absolute atomic E-state index is 5.83. The summed E-state index contributed by atoms with van der Waals surface area (Å²) in [7, 11) is 0. The van der Waals surface area contributed by atoms with Gasteiger partial charge in [-0.1, -0.05) is 63.4 Å². The Labute approximate surface area is 127 Å². The fraction of sp³-hybridized carbons (Fsp3) is 0.444. The maximum atomic E-state index is 5.83. The van der Waals surface area contributed by atoms with Gasteiger partial charge in [0.05, 0.1) is 5.69 Å². The molecule has 0 saturated heterocycles. The molecule has 0 saturated carbocycles. The molecular weight excluding hydrogens is 258 g/mol. The molecule has 0 aliphatic carbocycles. The molecule has 1 aromatic carbocycles. The van der Waals surface area contributed by atoms with Crippen LogP contribution >= 0.6 is 0 Å². The topological polar surface area (TPSA) is 51.8 Å². The lowest BCUT2D eigenvalue weighted by Crippen LogP contribution is -2.07. The minimum Gasteiger partial charge on any atom is -0.368 e. The number of anilines is 1. The zero-order valence-corrected chi connectivity index (χ0v) is 13.0. The highest BCUT2D eigenvalue weighted by Crippen LogP contribution is 2.32. The van der Waals surface area contributed by atoms with Crippen LogP contribution in [0.3, 0.4) is 0 Å². The van der Waals surface area contributed by atoms with Crippen molar-refractivity contribution in [3.63, 3.8) is 0 Å². The van der Waals surface area contributed by atoms with Crippen molar-refractivity contribution in [1.29, 1.82) is 0 Å². The van der Waals surface area contributed by atoms with Gasteiger partial charge in [0.1, 0.15) is 0 Å². The number of rotatable bonds is 7. The normalized spacial score (nSPS) is 12.3. The molecule has 0 amide bonds. The van der Waals surface area contributed by atoms with Crippen molar-refractivity contribution >= 4 is 5.95 Å². The van der Waals surface area contributed by atoms with E-state index in [0.717, 1.165) is 17.7 Å². The van der Waals surface area contributed by atoms with Crippen molar-refractivity contribution in [2.24, 2.45) is 0 Å². The van der Waals surface area contributed by atoms with E-state index in [1.54, 1.807) is 0 Å². The van der Waals surface area contributed by atoms with Gasteiger partial charge in [0.2, 0.25) is 5.95 Å². The standard InChI is InChI=1S/C18H25N3/c1-3-5-7-10-14(4-2)17-16(13-20-18(19)21-17)15-11-8-6-9-12-15/h6,8-9,11-14H,3-5,7,10H2,1-2H3,(H2,19,20,21). The fourth-order valence-electron chi connectivity index (χ4n) is 2.74. The van der Waals surface area contributed by atoms with Crippen molar-refractivity contribution in [2.75, 3.05) is 5.73 Å². The van der Waals surface area contributed by atoms with Gasteiger partial charge < -0.3 is 5.73 Å². The number of nitrogen functional groups attached to an aromatic ring is 1. The van der Waals surface area contributed by atoms with Crippen LogP contribution in [-0.4, -0.2) is 9.97 Å². The Morgan fingerprint density at radius 3 is 2.52 bits per heavy atom. The maximum Gasteiger partial charge on any atom is 0.220 e. The quantitative estimate of drug-likeness (QED) is 0.742. The van der Waals surface area contributed by atoms with Crippen molar-refractivity contribution < 1.29 is 0 Å². The Bertz CT molecular complexity index is 552. The molecule has 1 unspecified atom stereocenters. The van der Waals surface area contributed by atoms with Gasteiger partial charge in [-0.15, -0.1) is 0 Å². The molecule has 0 fully saturated rings. The van der Waals surface area contributed by atoms with Crippen LogP contribution in [-0.2, 0) is 0 Å². The Morgan fingerprint density at radius 1 is 1.10 bits per heavy atom. The summed E-state index contributed by atoms with van der Waals surface area (Å²) in [6.07, 6.45) is 7.88. The van der Waals surface area contributed by atoms with E-state index in [0.29, 0.717) is 11.9 Å². The number of hydrogen-bond donors (Lipinski definition) is 1. The summed E-state index contributed by atoms with van der Waals surface area (Å²) in [6, 6.07) is 10.3. The smallest absolute Gasteiger partial charge is 0.220 e. The van der Waals surface area contributed by atoms with Gasteiger partial charge in [0.25, 0.3) is 0 Å². The molecule has 2 aromatic rings. The van der Waals surface area contributed by atoms with Gasteiger partial charge in [0.15, 0.2) is 0 Å². The predicted molar refractivity (Wildman–Crippen MR) is 89.1 cm³/mol. The van der Waals surface area contributed by atoms with Crippen molar-refractivity contribution in [2.45, 2.75) is 51.9 Å². The zero-order valence-electron chi connectivity index (χ0n) is 13.0. The SMILES string of the molecule is CCCCCC(CC)c1nc(N)ncc1-c1ccccc1. The Balaban J connectivity index is 2.34. The monoisotopic (exact) mass is 283 g/mol. The van der Waals surface area contributed by atoms with Crippen LogP contribution in [0.15, 0.2) is 36.5 Å². The van der Waals surface area contributed by atoms with E-state index in [1.165, 1.54) is 31.2 Å². The summed E-state index contributed by atoms with van der Waals surface area (Å²) < 4.78 is 0. The molecule has 0 spiro atoms. The van der Waals surface area contributed by atoms with E-state index in [-0.39, 0.29) is 0 Å². The summed E-state index contributed by atoms with van der Waals surface area (Å²) in [5.41, 5.74) is 9.22. The van der Waals surface area contributed by atoms with Crippen LogP contribution < -0.4 is 5.73 Å². The van der Waals surface area contributed by atoms with Crippen LogP contribution in [0.1, 0.15) is 57.6 Å². The molecule has 1 heterocycles. The van der Waals surface area contributed by atoms with E-state index >= 15 is 0 Å². The fourth-order valence-corrected chi connectivity index (χ4v) is 2.74. The molecule has 2 rings (SSSR count). The van der Waals surface area contributed by atoms with Crippen molar-refractivity contribution in [1.82, 2.24) is 9.97 Å². The molecular formula is C18H25N3. The second-order valence-electron chi connectivity index (χ2n) is 5.49. The van der Waals surface area contributed by atoms with Crippen LogP contribution in [0.25, 0.3) is 11.1 Å². The van der Waals surface area contributed by atoms with Crippen LogP contribution in [0.5, 0.6) is 0 Å². The molecule has 3 nitrogen and oxygen atoms in total. The highest BCUT2D eigenvalue weighted by molar-refractivity contribution is 5.66. The van der Waals surface area contributed by atoms with E-state index in [4.69, 9.17) is 5.73 Å². The van der Waals surface area contributed by atoms with Crippen LogP contribution in [0.2, 0.25) is 0 Å². The second-order valence-corrected chi connectivity index (χ2v) is 5.49. The third-order valence-corrected chi connectivity index (χ3v) is 3.96. The van der Waals surface area contributed by atoms with E-state index in [9.17, 15) is 0 Å². The molecule has 2 N–H and O–H groups in total. The lowest BCUT2D eigenvalue weighted by molar-refractivity contribution is 0.544. The molecule has 21 heavy (non-hydrogen) atoms. The summed E-state index contributed by atoms with van der Waals surface area (Å²) in [5.74, 6) is 0.829. The number of nitrogens with two attached hydrogens (primary N) is 1. The van der Waals surface area contributed by atoms with E-state index in [1.807, 2.05) is 24.4 Å². The number of nitrogens with zero attached hydrogens (tertiary/aromatic N) is 2. The Morgan fingerprint density at radius 2 is 1.86 bits per heavy atom. The molecule has 0 bridgehead atoms. The Hall–Kier alpha value is -1.90. The molecule has 0 radical (unpaired) electrons. The summed E-state index contributed by atoms with van der Waals surface area (Å²) in [5, 5.41) is 0. The minimum atomic E-state index is 0.374. The van der Waals surface area contributed by atoms with Gasteiger partial charge in [-0.3, -0.25) is 0 Å². The first kappa shape index (κ1) is 15.5. The lowest BCUT2D eigenvalue weighted by atomic mass is 9.90. The first-order chi connectivity index (χ1) is 10.3. The summed E-state index contributed by atoms with van der Waals surface area (Å²) in [4.78, 5) is 8.76. The van der Waals surface area contributed by atoms with Gasteiger partial charge in [-0.25, -0.2) is 9.97 Å². The number of aromatic nitrogens is 2. The number of unbranched alkanes of at least 4 members (excludes halogenated alkanes) is 2. The highest BCUT2D eigenvalue weighted by atomic mass is 15.0. The third kappa shape index (κ3) is 4.03. The van der Waals surface area contributed by atoms with Gasteiger partial charge >= 0.3 is 0 Å². The van der Waals surface area contributed by atoms with Crippen molar-refractivity contribution in [3.8, 4) is 11.1 Å². The third-order valence-electron chi connectivity index (χ3n) is 3.96. The Kier molecular flexibility index (Phi) is 5.73. The van der Waals surface area contributed by atoms with Crippen LogP contribution in [0, 0.1) is 0 Å². The van der Waals surface area contributed by atoms with E-state index < -0.39 is 0 Å². The minimum absolute atomic E-state index is 0.374. The molecule has 1 atom stereocenters. The molecule has 3 heteroatoms. The highest BCUT2D eigenvalue weighted by Gasteiger charge is 2.17. The molecule has 112 valence electrons. The lowest BCUT2D eigenvalue weighted by Gasteiger charge is -2.18. The van der Waals surface area contributed by atoms with Crippen LogP contribution in [0.4, 0.5) is 5.95 Å². The van der Waals surface area contributed by atoms with Gasteiger partial charge in [-0.05, 0) is 18.4 Å². The van der Waals surface area contributed by atoms with Gasteiger partial charge in [-0.2, -0.15) is 0 Å². The number of hydrogen-bond acceptors (Lipinski definition) is 3. The first-order valence-corrected chi connectivity index (χ1v) is 7.94. The second kappa shape index (κ2) is 7.77. The predicted octanol–water partition coefficient (Wildman–Crippen LogP) is 4.80. The molecule has 0 aliphatic rings. The molecule has 1 aromatic heterocycles. The molecule has 0 aliphatic heterocycles. The van der Waals surface area contributed by atoms with Crippen molar-refractivity contribution in [3.05, 3.63) is 42.2 Å².